The molecule has 2 aromatic carbocycles. The van der Waals surface area contributed by atoms with Crippen molar-refractivity contribution in [1.82, 2.24) is 0 Å². The van der Waals surface area contributed by atoms with Gasteiger partial charge in [-0.05, 0) is 22.5 Å². The molecule has 0 bridgehead atoms. The van der Waals surface area contributed by atoms with Crippen molar-refractivity contribution in [3.8, 4) is 0 Å². The fraction of sp³-hybridized carbons (Fsp3) is 0.478. The molecular weight excluding hydrogens is 276 g/mol. The molecule has 0 heteroatoms. The van der Waals surface area contributed by atoms with Gasteiger partial charge in [0.2, 0.25) is 0 Å². The van der Waals surface area contributed by atoms with Crippen molar-refractivity contribution in [3.63, 3.8) is 0 Å². The summed E-state index contributed by atoms with van der Waals surface area (Å²) in [5, 5.41) is 0. The maximum atomic E-state index is 2.22. The van der Waals surface area contributed by atoms with Crippen LogP contribution in [0.5, 0.6) is 0 Å². The molecule has 23 heavy (non-hydrogen) atoms. The minimum Gasteiger partial charge on any atom is -0.0683 e. The highest BCUT2D eigenvalue weighted by molar-refractivity contribution is 5.22. The minimum atomic E-state index is 0.293. The summed E-state index contributed by atoms with van der Waals surface area (Å²) in [6.45, 7) is 19.1. The van der Waals surface area contributed by atoms with Gasteiger partial charge >= 0.3 is 0 Å². The molecule has 130 valence electrons. The molecule has 0 aliphatic rings. The standard InChI is InChI=1S/C10H14.C9H12.2C2H6/c1-10(2,3)9-7-5-4-6-8-9;1-8(2)9-6-4-3-5-7-9;2*1-2/h4-8H,1-3H3;3-8H,1-2H3;2*1-2H3. The van der Waals surface area contributed by atoms with Crippen LogP contribution in [0.1, 0.15) is 79.4 Å². The van der Waals surface area contributed by atoms with Gasteiger partial charge in [-0.25, -0.2) is 0 Å². The summed E-state index contributed by atoms with van der Waals surface area (Å²) in [6.07, 6.45) is 0. The molecule has 2 aromatic rings. The third-order valence-electron chi connectivity index (χ3n) is 3.11. The highest BCUT2D eigenvalue weighted by atomic mass is 14.2. The zero-order chi connectivity index (χ0) is 18.3. The Morgan fingerprint density at radius 3 is 1.17 bits per heavy atom. The van der Waals surface area contributed by atoms with Crippen molar-refractivity contribution in [3.05, 3.63) is 71.8 Å². The lowest BCUT2D eigenvalue weighted by molar-refractivity contribution is 0.590. The Kier molecular flexibility index (Phi) is 14.5. The van der Waals surface area contributed by atoms with Crippen LogP contribution in [-0.4, -0.2) is 0 Å². The van der Waals surface area contributed by atoms with Crippen LogP contribution in [0.15, 0.2) is 60.7 Å². The van der Waals surface area contributed by atoms with Crippen LogP contribution in [-0.2, 0) is 5.41 Å². The van der Waals surface area contributed by atoms with Crippen molar-refractivity contribution >= 4 is 0 Å². The van der Waals surface area contributed by atoms with Crippen molar-refractivity contribution in [2.45, 2.75) is 73.6 Å². The summed E-state index contributed by atoms with van der Waals surface area (Å²) >= 11 is 0. The van der Waals surface area contributed by atoms with Crippen LogP contribution in [0.25, 0.3) is 0 Å². The van der Waals surface area contributed by atoms with E-state index in [-0.39, 0.29) is 0 Å². The van der Waals surface area contributed by atoms with Crippen LogP contribution in [0.4, 0.5) is 0 Å². The molecule has 2 rings (SSSR count). The van der Waals surface area contributed by atoms with Crippen molar-refractivity contribution in [1.29, 1.82) is 0 Å². The highest BCUT2D eigenvalue weighted by Crippen LogP contribution is 2.20. The second-order valence-electron chi connectivity index (χ2n) is 6.18. The lowest BCUT2D eigenvalue weighted by Crippen LogP contribution is -2.10. The smallest absolute Gasteiger partial charge is 0.0132 e. The van der Waals surface area contributed by atoms with Gasteiger partial charge in [-0.15, -0.1) is 0 Å². The van der Waals surface area contributed by atoms with Crippen LogP contribution >= 0.6 is 0 Å². The fourth-order valence-electron chi connectivity index (χ4n) is 1.78. The van der Waals surface area contributed by atoms with Gasteiger partial charge in [0.15, 0.2) is 0 Å². The topological polar surface area (TPSA) is 0 Å². The van der Waals surface area contributed by atoms with Crippen LogP contribution in [0.2, 0.25) is 0 Å². The number of benzene rings is 2. The SMILES string of the molecule is CC.CC.CC(C)(C)c1ccccc1.CC(C)c1ccccc1. The van der Waals surface area contributed by atoms with Gasteiger partial charge in [0.25, 0.3) is 0 Å². The molecule has 0 radical (unpaired) electrons. The van der Waals surface area contributed by atoms with Crippen molar-refractivity contribution in [2.75, 3.05) is 0 Å². The van der Waals surface area contributed by atoms with Crippen LogP contribution < -0.4 is 0 Å². The molecule has 0 aliphatic heterocycles. The van der Waals surface area contributed by atoms with E-state index in [1.54, 1.807) is 0 Å². The van der Waals surface area contributed by atoms with Gasteiger partial charge in [0.1, 0.15) is 0 Å². The maximum Gasteiger partial charge on any atom is -0.0132 e. The summed E-state index contributed by atoms with van der Waals surface area (Å²) in [4.78, 5) is 0. The summed E-state index contributed by atoms with van der Waals surface area (Å²) in [6, 6.07) is 21.1. The van der Waals surface area contributed by atoms with E-state index in [2.05, 4.69) is 89.2 Å². The molecule has 0 saturated heterocycles. The molecule has 0 fully saturated rings. The fourth-order valence-corrected chi connectivity index (χ4v) is 1.78. The zero-order valence-corrected chi connectivity index (χ0v) is 16.9. The van der Waals surface area contributed by atoms with Gasteiger partial charge in [-0.1, -0.05) is 123 Å². The lowest BCUT2D eigenvalue weighted by Gasteiger charge is -2.18. The van der Waals surface area contributed by atoms with E-state index in [0.717, 1.165) is 0 Å². The first-order valence-electron chi connectivity index (χ1n) is 9.01. The normalized spacial score (nSPS) is 9.48. The third kappa shape index (κ3) is 11.6. The second kappa shape index (κ2) is 14.1. The summed E-state index contributed by atoms with van der Waals surface area (Å²) in [5.74, 6) is 0.659. The third-order valence-corrected chi connectivity index (χ3v) is 3.11. The molecule has 0 N–H and O–H groups in total. The van der Waals surface area contributed by atoms with E-state index in [1.807, 2.05) is 33.8 Å². The van der Waals surface area contributed by atoms with Gasteiger partial charge in [-0.3, -0.25) is 0 Å². The Labute approximate surface area is 146 Å². The van der Waals surface area contributed by atoms with Gasteiger partial charge in [-0.2, -0.15) is 0 Å². The number of hydrogen-bond donors (Lipinski definition) is 0. The number of hydrogen-bond acceptors (Lipinski definition) is 0. The first-order chi connectivity index (χ1) is 10.9. The summed E-state index contributed by atoms with van der Waals surface area (Å²) in [5.41, 5.74) is 3.11. The first kappa shape index (κ1) is 23.7. The van der Waals surface area contributed by atoms with E-state index >= 15 is 0 Å². The average Bonchev–Trinajstić information content (AvgIpc) is 2.60. The zero-order valence-electron chi connectivity index (χ0n) is 16.9. The molecule has 0 saturated carbocycles. The first-order valence-corrected chi connectivity index (χ1v) is 9.01. The van der Waals surface area contributed by atoms with E-state index in [9.17, 15) is 0 Å². The quantitative estimate of drug-likeness (QED) is 0.502. The molecule has 0 nitrogen and oxygen atoms in total. The van der Waals surface area contributed by atoms with Crippen molar-refractivity contribution < 1.29 is 0 Å². The van der Waals surface area contributed by atoms with Crippen LogP contribution in [0.3, 0.4) is 0 Å². The molecular formula is C23H38. The monoisotopic (exact) mass is 314 g/mol. The van der Waals surface area contributed by atoms with E-state index < -0.39 is 0 Å². The van der Waals surface area contributed by atoms with Gasteiger partial charge in [0.05, 0.1) is 0 Å². The predicted molar refractivity (Wildman–Crippen MR) is 108 cm³/mol. The molecule has 0 heterocycles. The lowest BCUT2D eigenvalue weighted by atomic mass is 9.87. The van der Waals surface area contributed by atoms with E-state index in [0.29, 0.717) is 11.3 Å². The summed E-state index contributed by atoms with van der Waals surface area (Å²) < 4.78 is 0. The molecule has 0 aliphatic carbocycles. The van der Waals surface area contributed by atoms with Crippen molar-refractivity contribution in [2.24, 2.45) is 0 Å². The van der Waals surface area contributed by atoms with E-state index in [4.69, 9.17) is 0 Å². The van der Waals surface area contributed by atoms with E-state index in [1.165, 1.54) is 11.1 Å². The average molecular weight is 315 g/mol. The predicted octanol–water partition coefficient (Wildman–Crippen LogP) is 7.85. The highest BCUT2D eigenvalue weighted by Gasteiger charge is 2.11. The molecule has 0 amide bonds. The Morgan fingerprint density at radius 2 is 0.957 bits per heavy atom. The Morgan fingerprint density at radius 1 is 0.609 bits per heavy atom. The number of rotatable bonds is 1. The maximum absolute atomic E-state index is 2.22. The Hall–Kier alpha value is -1.56. The minimum absolute atomic E-state index is 0.293. The second-order valence-corrected chi connectivity index (χ2v) is 6.18. The van der Waals surface area contributed by atoms with Gasteiger partial charge in [0, 0.05) is 0 Å². The molecule has 0 spiro atoms. The summed E-state index contributed by atoms with van der Waals surface area (Å²) in [7, 11) is 0. The Balaban J connectivity index is 0. The molecule has 0 aromatic heterocycles. The molecule has 0 unspecified atom stereocenters. The van der Waals surface area contributed by atoms with Crippen LogP contribution in [0, 0.1) is 0 Å². The largest absolute Gasteiger partial charge is 0.0683 e. The Bertz CT molecular complexity index is 446. The molecule has 0 atom stereocenters. The van der Waals surface area contributed by atoms with Gasteiger partial charge < -0.3 is 0 Å².